The molecule has 0 amide bonds. The highest BCUT2D eigenvalue weighted by Crippen LogP contribution is 2.19. The van der Waals surface area contributed by atoms with Crippen LogP contribution in [0, 0.1) is 0 Å². The van der Waals surface area contributed by atoms with Crippen molar-refractivity contribution in [3.63, 3.8) is 0 Å². The standard InChI is InChI=1S/C10H18O2S/c1-4-5-6-7-10(8(2)11)13-9(3)12/h10H,4-7H2,1-3H3. The molecular weight excluding hydrogens is 184 g/mol. The molecule has 0 heterocycles. The molecule has 0 bridgehead atoms. The van der Waals surface area contributed by atoms with Crippen LogP contribution in [0.1, 0.15) is 46.5 Å². The van der Waals surface area contributed by atoms with Crippen LogP contribution in [-0.2, 0) is 9.59 Å². The van der Waals surface area contributed by atoms with Crippen LogP contribution >= 0.6 is 11.8 Å². The number of ketones is 1. The minimum absolute atomic E-state index is 0.0386. The van der Waals surface area contributed by atoms with E-state index in [2.05, 4.69) is 6.92 Å². The van der Waals surface area contributed by atoms with Gasteiger partial charge in [0.2, 0.25) is 0 Å². The Labute approximate surface area is 84.5 Å². The summed E-state index contributed by atoms with van der Waals surface area (Å²) in [6.45, 7) is 5.20. The summed E-state index contributed by atoms with van der Waals surface area (Å²) in [6, 6.07) is 0. The van der Waals surface area contributed by atoms with Crippen LogP contribution in [0.4, 0.5) is 0 Å². The van der Waals surface area contributed by atoms with Gasteiger partial charge in [-0.2, -0.15) is 0 Å². The Kier molecular flexibility index (Phi) is 6.96. The molecule has 1 atom stereocenters. The number of hydrogen-bond donors (Lipinski definition) is 0. The van der Waals surface area contributed by atoms with Gasteiger partial charge in [-0.25, -0.2) is 0 Å². The van der Waals surface area contributed by atoms with Crippen LogP contribution in [0.2, 0.25) is 0 Å². The first-order valence-corrected chi connectivity index (χ1v) is 5.63. The molecule has 0 rings (SSSR count). The van der Waals surface area contributed by atoms with Gasteiger partial charge in [0.05, 0.1) is 5.25 Å². The molecular formula is C10H18O2S. The van der Waals surface area contributed by atoms with E-state index in [9.17, 15) is 9.59 Å². The smallest absolute Gasteiger partial charge is 0.186 e. The average Bonchev–Trinajstić information content (AvgIpc) is 2.02. The fourth-order valence-electron chi connectivity index (χ4n) is 1.13. The third-order valence-corrected chi connectivity index (χ3v) is 3.02. The predicted octanol–water partition coefficient (Wildman–Crippen LogP) is 2.80. The van der Waals surface area contributed by atoms with Crippen LogP contribution in [0.15, 0.2) is 0 Å². The summed E-state index contributed by atoms with van der Waals surface area (Å²) in [5.41, 5.74) is 0. The number of carbonyl (C=O) groups is 2. The summed E-state index contributed by atoms with van der Waals surface area (Å²) < 4.78 is 0. The Balaban J connectivity index is 3.81. The van der Waals surface area contributed by atoms with Crippen LogP contribution in [0.25, 0.3) is 0 Å². The number of hydrogen-bond acceptors (Lipinski definition) is 3. The lowest BCUT2D eigenvalue weighted by Crippen LogP contribution is -2.15. The fourth-order valence-corrected chi connectivity index (χ4v) is 1.98. The zero-order valence-corrected chi connectivity index (χ0v) is 9.45. The second kappa shape index (κ2) is 7.13. The molecule has 0 spiro atoms. The molecule has 13 heavy (non-hydrogen) atoms. The van der Waals surface area contributed by atoms with Gasteiger partial charge in [-0.05, 0) is 13.3 Å². The second-order valence-corrected chi connectivity index (χ2v) is 4.58. The summed E-state index contributed by atoms with van der Waals surface area (Å²) in [4.78, 5) is 21.9. The average molecular weight is 202 g/mol. The van der Waals surface area contributed by atoms with Crippen molar-refractivity contribution in [3.05, 3.63) is 0 Å². The Bertz CT molecular complexity index is 178. The minimum Gasteiger partial charge on any atom is -0.299 e. The van der Waals surface area contributed by atoms with Crippen molar-refractivity contribution >= 4 is 22.7 Å². The highest BCUT2D eigenvalue weighted by molar-refractivity contribution is 8.14. The zero-order chi connectivity index (χ0) is 10.3. The first kappa shape index (κ1) is 12.7. The Morgan fingerprint density at radius 2 is 1.85 bits per heavy atom. The summed E-state index contributed by atoms with van der Waals surface area (Å²) in [6.07, 6.45) is 4.17. The third kappa shape index (κ3) is 6.82. The highest BCUT2D eigenvalue weighted by atomic mass is 32.2. The molecule has 76 valence electrons. The SMILES string of the molecule is CCCCCC(SC(C)=O)C(C)=O. The number of carbonyl (C=O) groups excluding carboxylic acids is 2. The van der Waals surface area contributed by atoms with Gasteiger partial charge >= 0.3 is 0 Å². The van der Waals surface area contributed by atoms with Crippen LogP contribution in [-0.4, -0.2) is 16.1 Å². The first-order valence-electron chi connectivity index (χ1n) is 4.75. The maximum absolute atomic E-state index is 11.1. The lowest BCUT2D eigenvalue weighted by Gasteiger charge is -2.10. The molecule has 0 aromatic heterocycles. The first-order chi connectivity index (χ1) is 6.07. The molecule has 0 aliphatic carbocycles. The third-order valence-electron chi connectivity index (χ3n) is 1.83. The maximum Gasteiger partial charge on any atom is 0.186 e. The van der Waals surface area contributed by atoms with Crippen LogP contribution in [0.3, 0.4) is 0 Å². The van der Waals surface area contributed by atoms with E-state index in [1.54, 1.807) is 6.92 Å². The molecule has 0 aromatic carbocycles. The molecule has 3 heteroatoms. The van der Waals surface area contributed by atoms with Crippen molar-refractivity contribution in [1.29, 1.82) is 0 Å². The second-order valence-electron chi connectivity index (χ2n) is 3.20. The summed E-state index contributed by atoms with van der Waals surface area (Å²) in [7, 11) is 0. The van der Waals surface area contributed by atoms with Gasteiger partial charge in [0.25, 0.3) is 0 Å². The van der Waals surface area contributed by atoms with Crippen molar-refractivity contribution in [2.24, 2.45) is 0 Å². The molecule has 0 radical (unpaired) electrons. The van der Waals surface area contributed by atoms with E-state index in [1.165, 1.54) is 18.7 Å². The Morgan fingerprint density at radius 1 is 1.23 bits per heavy atom. The van der Waals surface area contributed by atoms with E-state index in [-0.39, 0.29) is 16.1 Å². The predicted molar refractivity (Wildman–Crippen MR) is 56.9 cm³/mol. The largest absolute Gasteiger partial charge is 0.299 e. The fraction of sp³-hybridized carbons (Fsp3) is 0.800. The van der Waals surface area contributed by atoms with Crippen molar-refractivity contribution in [1.82, 2.24) is 0 Å². The van der Waals surface area contributed by atoms with E-state index < -0.39 is 0 Å². The van der Waals surface area contributed by atoms with E-state index in [0.29, 0.717) is 0 Å². The maximum atomic E-state index is 11.1. The highest BCUT2D eigenvalue weighted by Gasteiger charge is 2.16. The number of rotatable bonds is 6. The normalized spacial score (nSPS) is 12.5. The summed E-state index contributed by atoms with van der Waals surface area (Å²) in [5.74, 6) is 0.122. The quantitative estimate of drug-likeness (QED) is 0.621. The monoisotopic (exact) mass is 202 g/mol. The van der Waals surface area contributed by atoms with Crippen molar-refractivity contribution < 1.29 is 9.59 Å². The Hall–Kier alpha value is -0.310. The Morgan fingerprint density at radius 3 is 2.23 bits per heavy atom. The lowest BCUT2D eigenvalue weighted by molar-refractivity contribution is -0.117. The molecule has 0 saturated heterocycles. The van der Waals surface area contributed by atoms with Crippen molar-refractivity contribution in [2.75, 3.05) is 0 Å². The molecule has 2 nitrogen and oxygen atoms in total. The van der Waals surface area contributed by atoms with E-state index in [0.717, 1.165) is 25.7 Å². The van der Waals surface area contributed by atoms with Crippen molar-refractivity contribution in [3.8, 4) is 0 Å². The van der Waals surface area contributed by atoms with Crippen LogP contribution < -0.4 is 0 Å². The number of Topliss-reactive ketones (excluding diaryl/α,β-unsaturated/α-hetero) is 1. The summed E-state index contributed by atoms with van der Waals surface area (Å²) in [5, 5.41) is -0.0688. The van der Waals surface area contributed by atoms with E-state index in [1.807, 2.05) is 0 Å². The van der Waals surface area contributed by atoms with Crippen LogP contribution in [0.5, 0.6) is 0 Å². The number of unbranched alkanes of at least 4 members (excludes halogenated alkanes) is 2. The van der Waals surface area contributed by atoms with Gasteiger partial charge in [0, 0.05) is 6.92 Å². The minimum atomic E-state index is -0.107. The van der Waals surface area contributed by atoms with Gasteiger partial charge in [0.1, 0.15) is 5.78 Å². The van der Waals surface area contributed by atoms with Gasteiger partial charge in [-0.3, -0.25) is 9.59 Å². The molecule has 0 N–H and O–H groups in total. The molecule has 0 aliphatic heterocycles. The van der Waals surface area contributed by atoms with Gasteiger partial charge < -0.3 is 0 Å². The van der Waals surface area contributed by atoms with Gasteiger partial charge in [-0.1, -0.05) is 37.9 Å². The molecule has 0 fully saturated rings. The summed E-state index contributed by atoms with van der Waals surface area (Å²) >= 11 is 1.17. The van der Waals surface area contributed by atoms with E-state index in [4.69, 9.17) is 0 Å². The molecule has 1 unspecified atom stereocenters. The lowest BCUT2D eigenvalue weighted by atomic mass is 10.1. The topological polar surface area (TPSA) is 34.1 Å². The van der Waals surface area contributed by atoms with Gasteiger partial charge in [0.15, 0.2) is 5.12 Å². The molecule has 0 aliphatic rings. The van der Waals surface area contributed by atoms with Gasteiger partial charge in [-0.15, -0.1) is 0 Å². The van der Waals surface area contributed by atoms with Crippen molar-refractivity contribution in [2.45, 2.75) is 51.7 Å². The zero-order valence-electron chi connectivity index (χ0n) is 8.63. The number of thioether (sulfide) groups is 1. The molecule has 0 saturated carbocycles. The molecule has 0 aromatic rings. The van der Waals surface area contributed by atoms with E-state index >= 15 is 0 Å².